The summed E-state index contributed by atoms with van der Waals surface area (Å²) in [6, 6.07) is 9.86. The van der Waals surface area contributed by atoms with Crippen molar-refractivity contribution in [2.24, 2.45) is 0 Å². The van der Waals surface area contributed by atoms with Gasteiger partial charge in [-0.2, -0.15) is 0 Å². The maximum absolute atomic E-state index is 6.37. The van der Waals surface area contributed by atoms with E-state index in [1.54, 1.807) is 12.4 Å². The molecule has 1 aromatic carbocycles. The van der Waals surface area contributed by atoms with Crippen molar-refractivity contribution in [3.8, 4) is 0 Å². The van der Waals surface area contributed by atoms with Gasteiger partial charge in [0.25, 0.3) is 0 Å². The van der Waals surface area contributed by atoms with Crippen molar-refractivity contribution in [2.45, 2.75) is 13.5 Å². The Morgan fingerprint density at radius 1 is 1.20 bits per heavy atom. The number of nitrogens with one attached hydrogen (secondary N) is 1. The third-order valence-corrected chi connectivity index (χ3v) is 3.52. The second-order valence-corrected chi connectivity index (χ2v) is 5.07. The number of aryl methyl sites for hydroxylation is 1. The van der Waals surface area contributed by atoms with Crippen LogP contribution in [-0.4, -0.2) is 9.97 Å². The van der Waals surface area contributed by atoms with Crippen molar-refractivity contribution in [3.63, 3.8) is 0 Å². The minimum absolute atomic E-state index is 0.681. The molecule has 2 aromatic heterocycles. The summed E-state index contributed by atoms with van der Waals surface area (Å²) < 4.78 is 0. The molecule has 0 aliphatic heterocycles. The monoisotopic (exact) mass is 283 g/mol. The van der Waals surface area contributed by atoms with Gasteiger partial charge in [-0.05, 0) is 42.3 Å². The fourth-order valence-corrected chi connectivity index (χ4v) is 2.59. The Labute approximate surface area is 122 Å². The maximum Gasteiger partial charge on any atom is 0.0752 e. The van der Waals surface area contributed by atoms with E-state index >= 15 is 0 Å². The molecular weight excluding hydrogens is 270 g/mol. The summed E-state index contributed by atoms with van der Waals surface area (Å²) in [5, 5.41) is 5.15. The summed E-state index contributed by atoms with van der Waals surface area (Å²) in [6.07, 6.45) is 5.41. The average molecular weight is 284 g/mol. The molecule has 0 spiro atoms. The lowest BCUT2D eigenvalue weighted by Gasteiger charge is -2.13. The molecule has 0 saturated carbocycles. The fourth-order valence-electron chi connectivity index (χ4n) is 2.25. The first-order valence-electron chi connectivity index (χ1n) is 6.42. The minimum atomic E-state index is 0.681. The predicted octanol–water partition coefficient (Wildman–Crippen LogP) is 4.20. The van der Waals surface area contributed by atoms with Gasteiger partial charge in [0.05, 0.1) is 16.2 Å². The molecule has 20 heavy (non-hydrogen) atoms. The molecule has 0 atom stereocenters. The molecule has 0 fully saturated rings. The van der Waals surface area contributed by atoms with Crippen LogP contribution in [0.1, 0.15) is 11.1 Å². The zero-order valence-corrected chi connectivity index (χ0v) is 11.9. The number of pyridine rings is 2. The Morgan fingerprint density at radius 3 is 2.85 bits per heavy atom. The Morgan fingerprint density at radius 2 is 2.05 bits per heavy atom. The van der Waals surface area contributed by atoms with E-state index in [0.29, 0.717) is 11.6 Å². The maximum atomic E-state index is 6.37. The van der Waals surface area contributed by atoms with Gasteiger partial charge in [-0.25, -0.2) is 0 Å². The summed E-state index contributed by atoms with van der Waals surface area (Å²) in [5.41, 5.74) is 4.09. The molecule has 0 radical (unpaired) electrons. The lowest BCUT2D eigenvalue weighted by molar-refractivity contribution is 1.11. The quantitative estimate of drug-likeness (QED) is 0.783. The highest BCUT2D eigenvalue weighted by Gasteiger charge is 2.09. The predicted molar refractivity (Wildman–Crippen MR) is 83.1 cm³/mol. The largest absolute Gasteiger partial charge is 0.379 e. The number of aromatic nitrogens is 2. The van der Waals surface area contributed by atoms with Gasteiger partial charge in [-0.1, -0.05) is 17.7 Å². The normalized spacial score (nSPS) is 10.7. The lowest BCUT2D eigenvalue weighted by atomic mass is 10.1. The Balaban J connectivity index is 1.99. The zero-order valence-electron chi connectivity index (χ0n) is 11.1. The summed E-state index contributed by atoms with van der Waals surface area (Å²) in [5.74, 6) is 0. The van der Waals surface area contributed by atoms with Gasteiger partial charge in [0.2, 0.25) is 0 Å². The highest BCUT2D eigenvalue weighted by Crippen LogP contribution is 2.32. The SMILES string of the molecule is Cc1cc(Cl)c(NCc2cccnc2)c2cccnc12. The van der Waals surface area contributed by atoms with E-state index in [0.717, 1.165) is 27.7 Å². The molecule has 100 valence electrons. The average Bonchev–Trinajstić information content (AvgIpc) is 2.48. The molecule has 1 N–H and O–H groups in total. The van der Waals surface area contributed by atoms with Gasteiger partial charge >= 0.3 is 0 Å². The Bertz CT molecular complexity index is 741. The Hall–Kier alpha value is -2.13. The molecule has 3 aromatic rings. The number of fused-ring (bicyclic) bond motifs is 1. The van der Waals surface area contributed by atoms with E-state index in [1.807, 2.05) is 43.5 Å². The molecule has 3 nitrogen and oxygen atoms in total. The molecule has 0 aliphatic rings. The number of nitrogens with zero attached hydrogens (tertiary/aromatic N) is 2. The molecule has 0 amide bonds. The smallest absolute Gasteiger partial charge is 0.0752 e. The highest BCUT2D eigenvalue weighted by atomic mass is 35.5. The Kier molecular flexibility index (Phi) is 3.52. The summed E-state index contributed by atoms with van der Waals surface area (Å²) in [6.45, 7) is 2.70. The van der Waals surface area contributed by atoms with Gasteiger partial charge in [-0.15, -0.1) is 0 Å². The van der Waals surface area contributed by atoms with Crippen molar-refractivity contribution in [2.75, 3.05) is 5.32 Å². The number of anilines is 1. The molecule has 0 bridgehead atoms. The van der Waals surface area contributed by atoms with Crippen molar-refractivity contribution in [3.05, 3.63) is 65.1 Å². The van der Waals surface area contributed by atoms with Gasteiger partial charge in [0.1, 0.15) is 0 Å². The van der Waals surface area contributed by atoms with Crippen LogP contribution in [0.15, 0.2) is 48.9 Å². The number of halogens is 1. The van der Waals surface area contributed by atoms with E-state index < -0.39 is 0 Å². The van der Waals surface area contributed by atoms with Gasteiger partial charge in [0.15, 0.2) is 0 Å². The van der Waals surface area contributed by atoms with Crippen LogP contribution in [0.3, 0.4) is 0 Å². The minimum Gasteiger partial charge on any atom is -0.379 e. The van der Waals surface area contributed by atoms with Crippen LogP contribution in [0, 0.1) is 6.92 Å². The van der Waals surface area contributed by atoms with Gasteiger partial charge < -0.3 is 5.32 Å². The summed E-state index contributed by atoms with van der Waals surface area (Å²) >= 11 is 6.37. The van der Waals surface area contributed by atoms with Crippen LogP contribution in [0.4, 0.5) is 5.69 Å². The van der Waals surface area contributed by atoms with Crippen molar-refractivity contribution >= 4 is 28.2 Å². The molecule has 0 aliphatic carbocycles. The van der Waals surface area contributed by atoms with Crippen LogP contribution in [0.5, 0.6) is 0 Å². The molecule has 2 heterocycles. The fraction of sp³-hybridized carbons (Fsp3) is 0.125. The third kappa shape index (κ3) is 2.45. The number of rotatable bonds is 3. The van der Waals surface area contributed by atoms with E-state index in [-0.39, 0.29) is 0 Å². The van der Waals surface area contributed by atoms with Crippen LogP contribution < -0.4 is 5.32 Å². The van der Waals surface area contributed by atoms with Crippen LogP contribution >= 0.6 is 11.6 Å². The van der Waals surface area contributed by atoms with E-state index in [9.17, 15) is 0 Å². The second kappa shape index (κ2) is 5.47. The lowest BCUT2D eigenvalue weighted by Crippen LogP contribution is -2.02. The summed E-state index contributed by atoms with van der Waals surface area (Å²) in [7, 11) is 0. The first-order chi connectivity index (χ1) is 9.75. The topological polar surface area (TPSA) is 37.8 Å². The number of hydrogen-bond acceptors (Lipinski definition) is 3. The van der Waals surface area contributed by atoms with Gasteiger partial charge in [-0.3, -0.25) is 9.97 Å². The van der Waals surface area contributed by atoms with E-state index in [2.05, 4.69) is 15.3 Å². The zero-order chi connectivity index (χ0) is 13.9. The standard InChI is InChI=1S/C16H14ClN3/c1-11-8-14(17)16(13-5-3-7-19-15(11)13)20-10-12-4-2-6-18-9-12/h2-9,20H,10H2,1H3. The van der Waals surface area contributed by atoms with E-state index in [1.165, 1.54) is 0 Å². The number of hydrogen-bond donors (Lipinski definition) is 1. The van der Waals surface area contributed by atoms with Crippen molar-refractivity contribution in [1.82, 2.24) is 9.97 Å². The van der Waals surface area contributed by atoms with Crippen LogP contribution in [0.25, 0.3) is 10.9 Å². The van der Waals surface area contributed by atoms with E-state index in [4.69, 9.17) is 11.6 Å². The number of benzene rings is 1. The second-order valence-electron chi connectivity index (χ2n) is 4.66. The summed E-state index contributed by atoms with van der Waals surface area (Å²) in [4.78, 5) is 8.54. The van der Waals surface area contributed by atoms with Crippen molar-refractivity contribution in [1.29, 1.82) is 0 Å². The first kappa shape index (κ1) is 12.9. The molecule has 4 heteroatoms. The van der Waals surface area contributed by atoms with Gasteiger partial charge in [0, 0.05) is 30.5 Å². The van der Waals surface area contributed by atoms with Crippen LogP contribution in [0.2, 0.25) is 5.02 Å². The molecular formula is C16H14ClN3. The highest BCUT2D eigenvalue weighted by molar-refractivity contribution is 6.35. The third-order valence-electron chi connectivity index (χ3n) is 3.22. The van der Waals surface area contributed by atoms with Crippen molar-refractivity contribution < 1.29 is 0 Å². The molecule has 0 saturated heterocycles. The van der Waals surface area contributed by atoms with Crippen LogP contribution in [-0.2, 0) is 6.54 Å². The molecule has 3 rings (SSSR count). The molecule has 0 unspecified atom stereocenters. The first-order valence-corrected chi connectivity index (χ1v) is 6.80.